The van der Waals surface area contributed by atoms with Crippen molar-refractivity contribution in [2.24, 2.45) is 0 Å². The van der Waals surface area contributed by atoms with Gasteiger partial charge < -0.3 is 4.74 Å². The predicted molar refractivity (Wildman–Crippen MR) is 63.6 cm³/mol. The number of hydrogen-bond donors (Lipinski definition) is 0. The average molecular weight is 218 g/mol. The van der Waals surface area contributed by atoms with Gasteiger partial charge in [-0.2, -0.15) is 0 Å². The molecular formula is C10H18OS2. The minimum atomic E-state index is 0.476. The molecule has 1 unspecified atom stereocenters. The van der Waals surface area contributed by atoms with E-state index in [1.54, 1.807) is 0 Å². The standard InChI is InChI=1S/C10H18OS2/c1-2-3-6-10(12)13-8-9-5-4-7-11-9/h9H,2-8H2,1H3. The molecule has 0 aliphatic carbocycles. The van der Waals surface area contributed by atoms with E-state index < -0.39 is 0 Å². The van der Waals surface area contributed by atoms with Gasteiger partial charge in [0.25, 0.3) is 0 Å². The fourth-order valence-corrected chi connectivity index (χ4v) is 2.63. The van der Waals surface area contributed by atoms with Gasteiger partial charge in [0.2, 0.25) is 0 Å². The zero-order valence-corrected chi connectivity index (χ0v) is 9.88. The third kappa shape index (κ3) is 4.99. The Hall–Kier alpha value is 0.400. The highest BCUT2D eigenvalue weighted by Crippen LogP contribution is 2.19. The highest BCUT2D eigenvalue weighted by atomic mass is 32.2. The summed E-state index contributed by atoms with van der Waals surface area (Å²) in [6.07, 6.45) is 6.50. The minimum Gasteiger partial charge on any atom is -0.377 e. The van der Waals surface area contributed by atoms with Gasteiger partial charge >= 0.3 is 0 Å². The van der Waals surface area contributed by atoms with Crippen molar-refractivity contribution in [2.75, 3.05) is 12.4 Å². The molecule has 0 aromatic rings. The Bertz CT molecular complexity index is 153. The van der Waals surface area contributed by atoms with E-state index >= 15 is 0 Å². The first kappa shape index (κ1) is 11.5. The lowest BCUT2D eigenvalue weighted by Crippen LogP contribution is -2.09. The van der Waals surface area contributed by atoms with E-state index in [2.05, 4.69) is 6.92 Å². The summed E-state index contributed by atoms with van der Waals surface area (Å²) in [5.41, 5.74) is 0. The lowest BCUT2D eigenvalue weighted by molar-refractivity contribution is 0.129. The summed E-state index contributed by atoms with van der Waals surface area (Å²) in [7, 11) is 0. The van der Waals surface area contributed by atoms with Crippen LogP contribution in [-0.2, 0) is 4.74 Å². The molecule has 0 bridgehead atoms. The van der Waals surface area contributed by atoms with Gasteiger partial charge in [0.1, 0.15) is 0 Å². The van der Waals surface area contributed by atoms with Crippen molar-refractivity contribution in [3.8, 4) is 0 Å². The van der Waals surface area contributed by atoms with Crippen LogP contribution >= 0.6 is 24.0 Å². The monoisotopic (exact) mass is 218 g/mol. The van der Waals surface area contributed by atoms with Crippen LogP contribution in [0.25, 0.3) is 0 Å². The highest BCUT2D eigenvalue weighted by Gasteiger charge is 2.15. The number of thiocarbonyl (C=S) groups is 1. The van der Waals surface area contributed by atoms with Crippen LogP contribution in [0.1, 0.15) is 39.0 Å². The zero-order valence-electron chi connectivity index (χ0n) is 8.25. The Morgan fingerprint density at radius 2 is 2.46 bits per heavy atom. The molecule has 1 saturated heterocycles. The molecule has 1 heterocycles. The van der Waals surface area contributed by atoms with Gasteiger partial charge in [-0.25, -0.2) is 0 Å². The van der Waals surface area contributed by atoms with Crippen molar-refractivity contribution in [2.45, 2.75) is 45.1 Å². The van der Waals surface area contributed by atoms with Crippen LogP contribution in [0, 0.1) is 0 Å². The molecule has 0 aromatic carbocycles. The summed E-state index contributed by atoms with van der Waals surface area (Å²) in [5, 5.41) is 0. The predicted octanol–water partition coefficient (Wildman–Crippen LogP) is 3.42. The zero-order chi connectivity index (χ0) is 9.52. The van der Waals surface area contributed by atoms with Crippen molar-refractivity contribution < 1.29 is 4.74 Å². The maximum absolute atomic E-state index is 5.53. The molecule has 1 aliphatic heterocycles. The fraction of sp³-hybridized carbons (Fsp3) is 0.900. The summed E-state index contributed by atoms with van der Waals surface area (Å²) in [6, 6.07) is 0. The summed E-state index contributed by atoms with van der Waals surface area (Å²) < 4.78 is 6.69. The van der Waals surface area contributed by atoms with Crippen molar-refractivity contribution in [1.82, 2.24) is 0 Å². The second-order valence-electron chi connectivity index (χ2n) is 3.42. The number of ether oxygens (including phenoxy) is 1. The molecule has 0 amide bonds. The molecule has 1 atom stereocenters. The Morgan fingerprint density at radius 1 is 1.62 bits per heavy atom. The normalized spacial score (nSPS) is 22.1. The molecule has 0 saturated carbocycles. The molecule has 0 aromatic heterocycles. The minimum absolute atomic E-state index is 0.476. The number of unbranched alkanes of at least 4 members (excludes halogenated alkanes) is 1. The molecule has 3 heteroatoms. The van der Waals surface area contributed by atoms with E-state index in [1.165, 1.54) is 25.7 Å². The van der Waals surface area contributed by atoms with Gasteiger partial charge in [-0.15, -0.1) is 11.8 Å². The molecule has 1 nitrogen and oxygen atoms in total. The molecule has 13 heavy (non-hydrogen) atoms. The summed E-state index contributed by atoms with van der Waals surface area (Å²) >= 11 is 7.08. The van der Waals surface area contributed by atoms with Gasteiger partial charge in [0, 0.05) is 16.6 Å². The Balaban J connectivity index is 2.00. The smallest absolute Gasteiger partial charge is 0.0670 e. The first-order chi connectivity index (χ1) is 6.33. The van der Waals surface area contributed by atoms with E-state index in [9.17, 15) is 0 Å². The maximum atomic E-state index is 5.53. The quantitative estimate of drug-likeness (QED) is 0.654. The van der Waals surface area contributed by atoms with Gasteiger partial charge in [0.15, 0.2) is 0 Å². The number of hydrogen-bond acceptors (Lipinski definition) is 3. The van der Waals surface area contributed by atoms with Crippen LogP contribution in [0.15, 0.2) is 0 Å². The Labute approximate surface area is 90.6 Å². The second kappa shape index (κ2) is 6.80. The van der Waals surface area contributed by atoms with E-state index in [0.29, 0.717) is 6.10 Å². The van der Waals surface area contributed by atoms with Crippen molar-refractivity contribution >= 4 is 28.2 Å². The van der Waals surface area contributed by atoms with Crippen LogP contribution in [0.3, 0.4) is 0 Å². The summed E-state index contributed by atoms with van der Waals surface area (Å²) in [6.45, 7) is 3.15. The molecule has 1 rings (SSSR count). The maximum Gasteiger partial charge on any atom is 0.0670 e. The van der Waals surface area contributed by atoms with Crippen LogP contribution in [0.4, 0.5) is 0 Å². The lowest BCUT2D eigenvalue weighted by atomic mass is 10.3. The Morgan fingerprint density at radius 3 is 3.08 bits per heavy atom. The SMILES string of the molecule is CCCCC(=S)SCC1CCCO1. The first-order valence-electron chi connectivity index (χ1n) is 5.10. The van der Waals surface area contributed by atoms with E-state index in [4.69, 9.17) is 17.0 Å². The second-order valence-corrected chi connectivity index (χ2v) is 5.29. The van der Waals surface area contributed by atoms with Gasteiger partial charge in [-0.3, -0.25) is 0 Å². The molecule has 0 spiro atoms. The molecular weight excluding hydrogens is 200 g/mol. The van der Waals surface area contributed by atoms with Crippen molar-refractivity contribution in [1.29, 1.82) is 0 Å². The lowest BCUT2D eigenvalue weighted by Gasteiger charge is -2.08. The highest BCUT2D eigenvalue weighted by molar-refractivity contribution is 8.23. The van der Waals surface area contributed by atoms with Crippen LogP contribution in [0.5, 0.6) is 0 Å². The summed E-state index contributed by atoms with van der Waals surface area (Å²) in [5.74, 6) is 1.07. The van der Waals surface area contributed by atoms with Crippen LogP contribution in [-0.4, -0.2) is 22.7 Å². The van der Waals surface area contributed by atoms with Crippen LogP contribution in [0.2, 0.25) is 0 Å². The van der Waals surface area contributed by atoms with E-state index in [0.717, 1.165) is 23.0 Å². The van der Waals surface area contributed by atoms with Gasteiger partial charge in [0.05, 0.1) is 6.10 Å². The van der Waals surface area contributed by atoms with Crippen molar-refractivity contribution in [3.63, 3.8) is 0 Å². The van der Waals surface area contributed by atoms with Crippen molar-refractivity contribution in [3.05, 3.63) is 0 Å². The third-order valence-electron chi connectivity index (χ3n) is 2.19. The molecule has 0 N–H and O–H groups in total. The van der Waals surface area contributed by atoms with Gasteiger partial charge in [-0.05, 0) is 25.7 Å². The molecule has 1 fully saturated rings. The fourth-order valence-electron chi connectivity index (χ4n) is 1.35. The molecule has 1 aliphatic rings. The van der Waals surface area contributed by atoms with E-state index in [1.807, 2.05) is 11.8 Å². The number of thioether (sulfide) groups is 1. The van der Waals surface area contributed by atoms with Gasteiger partial charge in [-0.1, -0.05) is 25.6 Å². The summed E-state index contributed by atoms with van der Waals surface area (Å²) in [4.78, 5) is 0. The largest absolute Gasteiger partial charge is 0.377 e. The first-order valence-corrected chi connectivity index (χ1v) is 6.49. The van der Waals surface area contributed by atoms with E-state index in [-0.39, 0.29) is 0 Å². The molecule has 76 valence electrons. The number of rotatable bonds is 5. The third-order valence-corrected chi connectivity index (χ3v) is 3.81. The van der Waals surface area contributed by atoms with Crippen LogP contribution < -0.4 is 0 Å². The Kier molecular flexibility index (Phi) is 6.00. The molecule has 0 radical (unpaired) electrons. The topological polar surface area (TPSA) is 9.23 Å². The average Bonchev–Trinajstić information content (AvgIpc) is 2.64.